The molecule has 0 aliphatic rings. The highest BCUT2D eigenvalue weighted by molar-refractivity contribution is 7.85. The minimum Gasteiger partial charge on any atom is -0.455 e. The van der Waals surface area contributed by atoms with Gasteiger partial charge >= 0.3 is 0 Å². The van der Waals surface area contributed by atoms with Gasteiger partial charge in [0.1, 0.15) is 28.1 Å². The average molecular weight is 267 g/mol. The van der Waals surface area contributed by atoms with E-state index < -0.39 is 15.7 Å². The minimum absolute atomic E-state index is 0.340. The molecular formula is C13H14FNO2S. The number of fused-ring (bicyclic) bond motifs is 1. The van der Waals surface area contributed by atoms with Crippen LogP contribution in [-0.4, -0.2) is 15.2 Å². The molecule has 5 heteroatoms. The van der Waals surface area contributed by atoms with Gasteiger partial charge in [-0.2, -0.15) is 4.40 Å². The smallest absolute Gasteiger partial charge is 0.147 e. The Bertz CT molecular complexity index is 625. The lowest BCUT2D eigenvalue weighted by Gasteiger charge is -2.12. The molecule has 1 aromatic carbocycles. The lowest BCUT2D eigenvalue weighted by atomic mass is 10.2. The van der Waals surface area contributed by atoms with Crippen LogP contribution >= 0.6 is 0 Å². The first-order valence-electron chi connectivity index (χ1n) is 5.52. The molecular weight excluding hydrogens is 253 g/mol. The van der Waals surface area contributed by atoms with Crippen molar-refractivity contribution in [2.24, 2.45) is 4.40 Å². The third-order valence-electron chi connectivity index (χ3n) is 2.33. The van der Waals surface area contributed by atoms with Crippen LogP contribution in [0.25, 0.3) is 11.0 Å². The average Bonchev–Trinajstić information content (AvgIpc) is 2.69. The Morgan fingerprint density at radius 3 is 2.72 bits per heavy atom. The molecule has 0 fully saturated rings. The molecule has 1 heterocycles. The summed E-state index contributed by atoms with van der Waals surface area (Å²) in [6, 6.07) is 6.17. The van der Waals surface area contributed by atoms with E-state index in [0.29, 0.717) is 16.7 Å². The van der Waals surface area contributed by atoms with E-state index in [-0.39, 0.29) is 5.82 Å². The lowest BCUT2D eigenvalue weighted by molar-refractivity contribution is 0.603. The van der Waals surface area contributed by atoms with E-state index >= 15 is 0 Å². The van der Waals surface area contributed by atoms with Crippen molar-refractivity contribution in [1.29, 1.82) is 0 Å². The van der Waals surface area contributed by atoms with Crippen LogP contribution in [0.1, 0.15) is 26.5 Å². The minimum atomic E-state index is -1.35. The van der Waals surface area contributed by atoms with Gasteiger partial charge < -0.3 is 4.42 Å². The van der Waals surface area contributed by atoms with Gasteiger partial charge in [-0.3, -0.25) is 0 Å². The summed E-state index contributed by atoms with van der Waals surface area (Å²) >= 11 is 0. The van der Waals surface area contributed by atoms with Gasteiger partial charge in [-0.25, -0.2) is 8.60 Å². The summed E-state index contributed by atoms with van der Waals surface area (Å²) in [4.78, 5) is 0. The number of hydrogen-bond donors (Lipinski definition) is 0. The van der Waals surface area contributed by atoms with Crippen LogP contribution in [0.5, 0.6) is 0 Å². The quantitative estimate of drug-likeness (QED) is 0.782. The fourth-order valence-corrected chi connectivity index (χ4v) is 1.88. The molecule has 1 atom stereocenters. The molecule has 0 radical (unpaired) electrons. The van der Waals surface area contributed by atoms with E-state index in [9.17, 15) is 8.60 Å². The molecule has 2 rings (SSSR count). The maximum Gasteiger partial charge on any atom is 0.147 e. The maximum atomic E-state index is 13.4. The number of halogens is 1. The maximum absolute atomic E-state index is 13.4. The second kappa shape index (κ2) is 4.65. The van der Waals surface area contributed by atoms with Crippen molar-refractivity contribution < 1.29 is 13.0 Å². The number of benzene rings is 1. The molecule has 0 bridgehead atoms. The zero-order valence-electron chi connectivity index (χ0n) is 10.4. The van der Waals surface area contributed by atoms with E-state index in [0.717, 1.165) is 0 Å². The fraction of sp³-hybridized carbons (Fsp3) is 0.308. The van der Waals surface area contributed by atoms with E-state index in [1.54, 1.807) is 18.2 Å². The van der Waals surface area contributed by atoms with Crippen molar-refractivity contribution in [2.45, 2.75) is 25.5 Å². The highest BCUT2D eigenvalue weighted by Crippen LogP contribution is 2.21. The van der Waals surface area contributed by atoms with E-state index in [1.165, 1.54) is 12.3 Å². The molecule has 2 aromatic rings. The van der Waals surface area contributed by atoms with Crippen molar-refractivity contribution in [1.82, 2.24) is 0 Å². The molecule has 0 saturated carbocycles. The highest BCUT2D eigenvalue weighted by atomic mass is 32.2. The zero-order chi connectivity index (χ0) is 13.3. The van der Waals surface area contributed by atoms with Crippen LogP contribution in [0.4, 0.5) is 4.39 Å². The van der Waals surface area contributed by atoms with E-state index in [1.807, 2.05) is 20.8 Å². The molecule has 96 valence electrons. The highest BCUT2D eigenvalue weighted by Gasteiger charge is 2.18. The van der Waals surface area contributed by atoms with Crippen molar-refractivity contribution in [3.05, 3.63) is 35.8 Å². The Hall–Kier alpha value is -1.49. The molecule has 3 nitrogen and oxygen atoms in total. The Labute approximate surface area is 107 Å². The van der Waals surface area contributed by atoms with Crippen LogP contribution in [0.3, 0.4) is 0 Å². The van der Waals surface area contributed by atoms with Gasteiger partial charge in [-0.15, -0.1) is 0 Å². The topological polar surface area (TPSA) is 42.6 Å². The van der Waals surface area contributed by atoms with Gasteiger partial charge in [0.2, 0.25) is 0 Å². The molecule has 1 unspecified atom stereocenters. The van der Waals surface area contributed by atoms with Crippen LogP contribution in [0.15, 0.2) is 33.1 Å². The summed E-state index contributed by atoms with van der Waals surface area (Å²) in [5.74, 6) is 0.0561. The Kier molecular flexibility index (Phi) is 3.34. The number of hydrogen-bond acceptors (Lipinski definition) is 2. The van der Waals surface area contributed by atoms with Crippen LogP contribution < -0.4 is 0 Å². The van der Waals surface area contributed by atoms with Gasteiger partial charge in [0, 0.05) is 0 Å². The van der Waals surface area contributed by atoms with Gasteiger partial charge in [0.15, 0.2) is 0 Å². The SMILES string of the molecule is CC(C)(C)S(=O)N=Cc1cc2c(F)cccc2o1. The number of furan rings is 1. The second-order valence-electron chi connectivity index (χ2n) is 4.90. The normalized spacial score (nSPS) is 14.4. The monoisotopic (exact) mass is 267 g/mol. The van der Waals surface area contributed by atoms with Crippen LogP contribution in [-0.2, 0) is 11.0 Å². The molecule has 0 spiro atoms. The third kappa shape index (κ3) is 2.67. The molecule has 0 aliphatic heterocycles. The van der Waals surface area contributed by atoms with Gasteiger partial charge in [0.05, 0.1) is 16.3 Å². The zero-order valence-corrected chi connectivity index (χ0v) is 11.3. The first-order chi connectivity index (χ1) is 8.38. The molecule has 0 saturated heterocycles. The summed E-state index contributed by atoms with van der Waals surface area (Å²) in [6.45, 7) is 5.50. The first-order valence-corrected chi connectivity index (χ1v) is 6.63. The number of nitrogens with zero attached hydrogens (tertiary/aromatic N) is 1. The van der Waals surface area contributed by atoms with Crippen molar-refractivity contribution in [2.75, 3.05) is 0 Å². The Balaban J connectivity index is 2.31. The standard InChI is InChI=1S/C13H14FNO2S/c1-13(2,3)18(16)15-8-9-7-10-11(14)5-4-6-12(10)17-9/h4-8H,1-3H3. The van der Waals surface area contributed by atoms with Crippen LogP contribution in [0, 0.1) is 5.82 Å². The van der Waals surface area contributed by atoms with Gasteiger partial charge in [-0.05, 0) is 39.0 Å². The predicted octanol–water partition coefficient (Wildman–Crippen LogP) is 3.45. The van der Waals surface area contributed by atoms with Crippen LogP contribution in [0.2, 0.25) is 0 Å². The van der Waals surface area contributed by atoms with Gasteiger partial charge in [0.25, 0.3) is 0 Å². The lowest BCUT2D eigenvalue weighted by Crippen LogP contribution is -2.19. The third-order valence-corrected chi connectivity index (χ3v) is 3.67. The molecule has 0 amide bonds. The van der Waals surface area contributed by atoms with Crippen molar-refractivity contribution in [3.8, 4) is 0 Å². The molecule has 0 aliphatic carbocycles. The number of rotatable bonds is 2. The van der Waals surface area contributed by atoms with E-state index in [4.69, 9.17) is 4.42 Å². The summed E-state index contributed by atoms with van der Waals surface area (Å²) in [5, 5.41) is 0.403. The van der Waals surface area contributed by atoms with Gasteiger partial charge in [-0.1, -0.05) is 6.07 Å². The predicted molar refractivity (Wildman–Crippen MR) is 71.7 cm³/mol. The Morgan fingerprint density at radius 2 is 2.11 bits per heavy atom. The summed E-state index contributed by atoms with van der Waals surface area (Å²) in [5.41, 5.74) is 0.456. The second-order valence-corrected chi connectivity index (χ2v) is 6.83. The Morgan fingerprint density at radius 1 is 1.39 bits per heavy atom. The van der Waals surface area contributed by atoms with Crippen molar-refractivity contribution >= 4 is 28.2 Å². The summed E-state index contributed by atoms with van der Waals surface area (Å²) in [7, 11) is -1.35. The molecule has 0 N–H and O–H groups in total. The van der Waals surface area contributed by atoms with Crippen molar-refractivity contribution in [3.63, 3.8) is 0 Å². The summed E-state index contributed by atoms with van der Waals surface area (Å²) in [6.07, 6.45) is 1.38. The summed E-state index contributed by atoms with van der Waals surface area (Å²) < 4.78 is 34.0. The first kappa shape index (κ1) is 13.0. The fourth-order valence-electron chi connectivity index (χ4n) is 1.37. The molecule has 18 heavy (non-hydrogen) atoms. The largest absolute Gasteiger partial charge is 0.455 e. The van der Waals surface area contributed by atoms with E-state index in [2.05, 4.69) is 4.40 Å². The molecule has 1 aromatic heterocycles.